The zero-order valence-corrected chi connectivity index (χ0v) is 12.5. The first-order chi connectivity index (χ1) is 8.74. The molecule has 19 heavy (non-hydrogen) atoms. The maximum atomic E-state index is 12.3. The smallest absolute Gasteiger partial charge is 0.291 e. The zero-order chi connectivity index (χ0) is 14.6. The largest absolute Gasteiger partial charge is 0.334 e. The summed E-state index contributed by atoms with van der Waals surface area (Å²) in [4.78, 5) is 26.1. The summed E-state index contributed by atoms with van der Waals surface area (Å²) in [6.45, 7) is 9.11. The predicted molar refractivity (Wildman–Crippen MR) is 75.8 cm³/mol. The van der Waals surface area contributed by atoms with Crippen LogP contribution >= 0.6 is 0 Å². The molecule has 2 unspecified atom stereocenters. The van der Waals surface area contributed by atoms with Crippen LogP contribution in [0.4, 0.5) is 0 Å². The van der Waals surface area contributed by atoms with E-state index in [0.29, 0.717) is 19.5 Å². The highest BCUT2D eigenvalue weighted by Crippen LogP contribution is 2.12. The molecule has 1 heterocycles. The number of hydrogen-bond acceptors (Lipinski definition) is 4. The minimum absolute atomic E-state index is 0.0111. The van der Waals surface area contributed by atoms with Gasteiger partial charge in [-0.25, -0.2) is 0 Å². The zero-order valence-electron chi connectivity index (χ0n) is 12.5. The highest BCUT2D eigenvalue weighted by molar-refractivity contribution is 6.38. The fourth-order valence-electron chi connectivity index (χ4n) is 2.36. The summed E-state index contributed by atoms with van der Waals surface area (Å²) in [5.74, 6) is -0.714. The molecule has 0 radical (unpaired) electrons. The number of carbonyl (C=O) groups is 2. The normalized spacial score (nSPS) is 21.5. The van der Waals surface area contributed by atoms with E-state index < -0.39 is 6.04 Å². The van der Waals surface area contributed by atoms with E-state index in [1.165, 1.54) is 0 Å². The molecule has 1 aliphatic heterocycles. The highest BCUT2D eigenvalue weighted by Gasteiger charge is 2.33. The Morgan fingerprint density at radius 3 is 2.47 bits per heavy atom. The number of nitrogens with one attached hydrogen (secondary N) is 1. The highest BCUT2D eigenvalue weighted by atomic mass is 16.2. The van der Waals surface area contributed by atoms with Crippen molar-refractivity contribution in [3.8, 4) is 0 Å². The lowest BCUT2D eigenvalue weighted by Gasteiger charge is -2.28. The van der Waals surface area contributed by atoms with E-state index in [9.17, 15) is 9.59 Å². The van der Waals surface area contributed by atoms with E-state index >= 15 is 0 Å². The lowest BCUT2D eigenvalue weighted by molar-refractivity contribution is -0.145. The van der Waals surface area contributed by atoms with Gasteiger partial charge in [0.2, 0.25) is 5.78 Å². The minimum atomic E-state index is -0.394. The molecule has 0 aliphatic carbocycles. The van der Waals surface area contributed by atoms with E-state index in [1.807, 2.05) is 27.7 Å². The molecule has 110 valence electrons. The molecule has 5 heteroatoms. The van der Waals surface area contributed by atoms with Crippen LogP contribution in [0.15, 0.2) is 0 Å². The SMILES string of the molecule is CCCC(NC(C)(C)C)C(=O)C(=O)N1CCC(N)C1. The summed E-state index contributed by atoms with van der Waals surface area (Å²) < 4.78 is 0. The first-order valence-electron chi connectivity index (χ1n) is 7.11. The van der Waals surface area contributed by atoms with Gasteiger partial charge in [0.05, 0.1) is 6.04 Å². The van der Waals surface area contributed by atoms with Crippen molar-refractivity contribution in [3.63, 3.8) is 0 Å². The second-order valence-corrected chi connectivity index (χ2v) is 6.40. The van der Waals surface area contributed by atoms with Gasteiger partial charge < -0.3 is 16.0 Å². The van der Waals surface area contributed by atoms with Crippen LogP contribution < -0.4 is 11.1 Å². The number of likely N-dealkylation sites (tertiary alicyclic amines) is 1. The van der Waals surface area contributed by atoms with Crippen LogP contribution in [0.3, 0.4) is 0 Å². The van der Waals surface area contributed by atoms with Gasteiger partial charge in [-0.15, -0.1) is 0 Å². The maximum absolute atomic E-state index is 12.3. The molecule has 3 N–H and O–H groups in total. The molecule has 1 rings (SSSR count). The van der Waals surface area contributed by atoms with Gasteiger partial charge in [0.1, 0.15) is 0 Å². The molecule has 1 saturated heterocycles. The minimum Gasteiger partial charge on any atom is -0.334 e. The van der Waals surface area contributed by atoms with Gasteiger partial charge in [0.15, 0.2) is 0 Å². The summed E-state index contributed by atoms with van der Waals surface area (Å²) in [5.41, 5.74) is 5.60. The first-order valence-corrected chi connectivity index (χ1v) is 7.11. The Hall–Kier alpha value is -0.940. The van der Waals surface area contributed by atoms with Gasteiger partial charge in [0.25, 0.3) is 5.91 Å². The van der Waals surface area contributed by atoms with Crippen LogP contribution in [-0.2, 0) is 9.59 Å². The van der Waals surface area contributed by atoms with Crippen LogP contribution in [0.25, 0.3) is 0 Å². The number of carbonyl (C=O) groups excluding carboxylic acids is 2. The fraction of sp³-hybridized carbons (Fsp3) is 0.857. The van der Waals surface area contributed by atoms with Crippen molar-refractivity contribution in [2.24, 2.45) is 5.73 Å². The van der Waals surface area contributed by atoms with Crippen molar-refractivity contribution < 1.29 is 9.59 Å². The second kappa shape index (κ2) is 6.48. The Balaban J connectivity index is 2.67. The average molecular weight is 269 g/mol. The van der Waals surface area contributed by atoms with E-state index in [-0.39, 0.29) is 23.3 Å². The van der Waals surface area contributed by atoms with Crippen molar-refractivity contribution in [1.29, 1.82) is 0 Å². The summed E-state index contributed by atoms with van der Waals surface area (Å²) in [5, 5.41) is 3.24. The molecule has 0 spiro atoms. The third kappa shape index (κ3) is 4.91. The molecule has 0 aromatic rings. The standard InChI is InChI=1S/C14H27N3O2/c1-5-6-11(16-14(2,3)4)12(18)13(19)17-8-7-10(15)9-17/h10-11,16H,5-9,15H2,1-4H3. The average Bonchev–Trinajstić information content (AvgIpc) is 2.71. The third-order valence-electron chi connectivity index (χ3n) is 3.22. The quantitative estimate of drug-likeness (QED) is 0.719. The van der Waals surface area contributed by atoms with Crippen LogP contribution in [-0.4, -0.2) is 47.3 Å². The molecule has 0 saturated carbocycles. The van der Waals surface area contributed by atoms with E-state index in [1.54, 1.807) is 4.90 Å². The van der Waals surface area contributed by atoms with Crippen molar-refractivity contribution in [3.05, 3.63) is 0 Å². The lowest BCUT2D eigenvalue weighted by atomic mass is 10.0. The fourth-order valence-corrected chi connectivity index (χ4v) is 2.36. The Labute approximate surface area is 115 Å². The number of hydrogen-bond donors (Lipinski definition) is 2. The summed E-state index contributed by atoms with van der Waals surface area (Å²) in [7, 11) is 0. The van der Waals surface area contributed by atoms with E-state index in [0.717, 1.165) is 12.8 Å². The monoisotopic (exact) mass is 269 g/mol. The van der Waals surface area contributed by atoms with Gasteiger partial charge in [0, 0.05) is 24.7 Å². The number of rotatable bonds is 5. The lowest BCUT2D eigenvalue weighted by Crippen LogP contribution is -2.52. The molecule has 2 atom stereocenters. The van der Waals surface area contributed by atoms with Gasteiger partial charge >= 0.3 is 0 Å². The Morgan fingerprint density at radius 1 is 1.42 bits per heavy atom. The number of amides is 1. The van der Waals surface area contributed by atoms with Crippen LogP contribution in [0.2, 0.25) is 0 Å². The number of Topliss-reactive ketones (excluding diaryl/α,β-unsaturated/α-hetero) is 1. The van der Waals surface area contributed by atoms with Crippen LogP contribution in [0, 0.1) is 0 Å². The Bertz CT molecular complexity index is 336. The van der Waals surface area contributed by atoms with Crippen molar-refractivity contribution in [2.45, 2.75) is 64.6 Å². The van der Waals surface area contributed by atoms with Gasteiger partial charge in [-0.1, -0.05) is 13.3 Å². The van der Waals surface area contributed by atoms with Crippen LogP contribution in [0.1, 0.15) is 47.0 Å². The van der Waals surface area contributed by atoms with Gasteiger partial charge in [-0.3, -0.25) is 9.59 Å². The summed E-state index contributed by atoms with van der Waals surface area (Å²) >= 11 is 0. The third-order valence-corrected chi connectivity index (χ3v) is 3.22. The maximum Gasteiger partial charge on any atom is 0.291 e. The molecule has 1 fully saturated rings. The Morgan fingerprint density at radius 2 is 2.05 bits per heavy atom. The molecule has 0 aromatic carbocycles. The molecule has 0 aromatic heterocycles. The first kappa shape index (κ1) is 16.1. The summed E-state index contributed by atoms with van der Waals surface area (Å²) in [6.07, 6.45) is 2.33. The summed E-state index contributed by atoms with van der Waals surface area (Å²) in [6, 6.07) is -0.383. The van der Waals surface area contributed by atoms with Gasteiger partial charge in [-0.2, -0.15) is 0 Å². The molecule has 1 amide bonds. The molecule has 0 bridgehead atoms. The number of ketones is 1. The molecule has 5 nitrogen and oxygen atoms in total. The van der Waals surface area contributed by atoms with E-state index in [2.05, 4.69) is 5.32 Å². The molecular weight excluding hydrogens is 242 g/mol. The van der Waals surface area contributed by atoms with Gasteiger partial charge in [-0.05, 0) is 33.6 Å². The van der Waals surface area contributed by atoms with Crippen LogP contribution in [0.5, 0.6) is 0 Å². The molecular formula is C14H27N3O2. The number of nitrogens with zero attached hydrogens (tertiary/aromatic N) is 1. The van der Waals surface area contributed by atoms with E-state index in [4.69, 9.17) is 5.73 Å². The molecule has 1 aliphatic rings. The Kier molecular flexibility index (Phi) is 5.50. The van der Waals surface area contributed by atoms with Crippen molar-refractivity contribution in [2.75, 3.05) is 13.1 Å². The predicted octanol–water partition coefficient (Wildman–Crippen LogP) is 0.672. The topological polar surface area (TPSA) is 75.4 Å². The van der Waals surface area contributed by atoms with Crippen molar-refractivity contribution in [1.82, 2.24) is 10.2 Å². The second-order valence-electron chi connectivity index (χ2n) is 6.40. The van der Waals surface area contributed by atoms with Crippen molar-refractivity contribution >= 4 is 11.7 Å². The number of nitrogens with two attached hydrogens (primary N) is 1.